The second-order valence-electron chi connectivity index (χ2n) is 10.2. The van der Waals surface area contributed by atoms with Gasteiger partial charge in [0.2, 0.25) is 11.8 Å². The zero-order valence-electron chi connectivity index (χ0n) is 23.6. The van der Waals surface area contributed by atoms with Gasteiger partial charge >= 0.3 is 6.18 Å². The smallest absolute Gasteiger partial charge is 0.352 e. The lowest BCUT2D eigenvalue weighted by atomic mass is 10.1. The number of carbonyl (C=O) groups is 2. The molecule has 0 aromatic heterocycles. The van der Waals surface area contributed by atoms with Crippen molar-refractivity contribution in [2.45, 2.75) is 64.3 Å². The van der Waals surface area contributed by atoms with E-state index in [1.165, 1.54) is 30.0 Å². The van der Waals surface area contributed by atoms with E-state index in [2.05, 4.69) is 5.32 Å². The van der Waals surface area contributed by atoms with Crippen LogP contribution >= 0.6 is 0 Å². The average Bonchev–Trinajstić information content (AvgIpc) is 2.90. The molecule has 0 aliphatic carbocycles. The molecule has 0 radical (unpaired) electrons. The quantitative estimate of drug-likeness (QED) is 0.340. The van der Waals surface area contributed by atoms with Crippen molar-refractivity contribution in [3.8, 4) is 0 Å². The first-order valence-corrected chi connectivity index (χ1v) is 14.5. The molecule has 1 atom stereocenters. The summed E-state index contributed by atoms with van der Waals surface area (Å²) in [6, 6.07) is 15.6. The van der Waals surface area contributed by atoms with Gasteiger partial charge in [-0.25, -0.2) is 8.42 Å². The molecule has 11 heteroatoms. The van der Waals surface area contributed by atoms with E-state index in [9.17, 15) is 31.2 Å². The lowest BCUT2D eigenvalue weighted by molar-refractivity contribution is -0.139. The molecule has 0 spiro atoms. The zero-order valence-corrected chi connectivity index (χ0v) is 24.4. The maximum Gasteiger partial charge on any atom is 0.416 e. The number of rotatable bonds is 10. The van der Waals surface area contributed by atoms with Gasteiger partial charge in [0.15, 0.2) is 0 Å². The number of nitrogens with zero attached hydrogens (tertiary/aromatic N) is 2. The number of anilines is 1. The Hall–Kier alpha value is -3.86. The third-order valence-corrected chi connectivity index (χ3v) is 8.34. The number of sulfonamides is 1. The summed E-state index contributed by atoms with van der Waals surface area (Å²) in [4.78, 5) is 27.9. The van der Waals surface area contributed by atoms with Gasteiger partial charge in [-0.05, 0) is 76.1 Å². The van der Waals surface area contributed by atoms with E-state index in [4.69, 9.17) is 0 Å². The van der Waals surface area contributed by atoms with Gasteiger partial charge in [-0.2, -0.15) is 13.2 Å². The van der Waals surface area contributed by atoms with Gasteiger partial charge in [-0.3, -0.25) is 13.9 Å². The number of alkyl halides is 3. The van der Waals surface area contributed by atoms with E-state index in [1.54, 1.807) is 45.0 Å². The Morgan fingerprint density at radius 1 is 0.902 bits per heavy atom. The second-order valence-corrected chi connectivity index (χ2v) is 12.0. The van der Waals surface area contributed by atoms with Crippen molar-refractivity contribution in [1.82, 2.24) is 10.2 Å². The lowest BCUT2D eigenvalue weighted by Gasteiger charge is -2.32. The van der Waals surface area contributed by atoms with Crippen LogP contribution in [0.1, 0.15) is 43.0 Å². The highest BCUT2D eigenvalue weighted by atomic mass is 32.2. The molecule has 1 N–H and O–H groups in total. The summed E-state index contributed by atoms with van der Waals surface area (Å²) >= 11 is 0. The van der Waals surface area contributed by atoms with Gasteiger partial charge in [0, 0.05) is 12.6 Å². The van der Waals surface area contributed by atoms with Crippen LogP contribution in [-0.2, 0) is 32.3 Å². The van der Waals surface area contributed by atoms with Crippen LogP contribution in [0, 0.1) is 13.8 Å². The van der Waals surface area contributed by atoms with E-state index < -0.39 is 46.2 Å². The van der Waals surface area contributed by atoms with E-state index in [0.29, 0.717) is 10.4 Å². The maximum absolute atomic E-state index is 13.9. The Kier molecular flexibility index (Phi) is 9.85. The first kappa shape index (κ1) is 31.7. The van der Waals surface area contributed by atoms with Crippen molar-refractivity contribution >= 4 is 27.5 Å². The summed E-state index contributed by atoms with van der Waals surface area (Å²) in [5.74, 6) is -1.21. The van der Waals surface area contributed by atoms with Crippen LogP contribution in [0.15, 0.2) is 77.7 Å². The Bertz CT molecular complexity index is 1490. The van der Waals surface area contributed by atoms with E-state index in [0.717, 1.165) is 28.8 Å². The zero-order chi connectivity index (χ0) is 30.5. The molecule has 220 valence electrons. The summed E-state index contributed by atoms with van der Waals surface area (Å²) in [5, 5.41) is 2.76. The molecule has 0 aliphatic rings. The first-order valence-electron chi connectivity index (χ1n) is 13.0. The second kappa shape index (κ2) is 12.8. The molecule has 0 saturated heterocycles. The number of hydrogen-bond acceptors (Lipinski definition) is 4. The Balaban J connectivity index is 2.11. The fourth-order valence-corrected chi connectivity index (χ4v) is 5.57. The first-order chi connectivity index (χ1) is 19.1. The summed E-state index contributed by atoms with van der Waals surface area (Å²) < 4.78 is 69.0. The number of carbonyl (C=O) groups excluding carboxylic acids is 2. The highest BCUT2D eigenvalue weighted by Crippen LogP contribution is 2.33. The molecule has 41 heavy (non-hydrogen) atoms. The third-order valence-electron chi connectivity index (χ3n) is 6.55. The topological polar surface area (TPSA) is 86.8 Å². The van der Waals surface area contributed by atoms with Crippen LogP contribution in [-0.4, -0.2) is 43.8 Å². The Morgan fingerprint density at radius 2 is 1.54 bits per heavy atom. The van der Waals surface area contributed by atoms with E-state index >= 15 is 0 Å². The standard InChI is InChI=1S/C30H34F3N3O4S/c1-20(2)34-29(38)23(5)35(18-24-10-7-6-9-22(24)4)28(37)19-36(26-12-8-11-25(17-26)30(31,32)33)41(39,40)27-15-13-21(3)14-16-27/h6-17,20,23H,18-19H2,1-5H3,(H,34,38)/t23-/m0/s1. The molecule has 0 heterocycles. The van der Waals surface area contributed by atoms with Crippen LogP contribution in [0.3, 0.4) is 0 Å². The number of nitrogens with one attached hydrogen (secondary N) is 1. The molecule has 0 fully saturated rings. The van der Waals surface area contributed by atoms with Gasteiger partial charge in [-0.1, -0.05) is 48.0 Å². The van der Waals surface area contributed by atoms with Crippen molar-refractivity contribution < 1.29 is 31.2 Å². The Morgan fingerprint density at radius 3 is 2.12 bits per heavy atom. The largest absolute Gasteiger partial charge is 0.416 e. The molecule has 0 saturated carbocycles. The van der Waals surface area contributed by atoms with Gasteiger partial charge in [-0.15, -0.1) is 0 Å². The molecule has 7 nitrogen and oxygen atoms in total. The molecular weight excluding hydrogens is 555 g/mol. The fraction of sp³-hybridized carbons (Fsp3) is 0.333. The molecular formula is C30H34F3N3O4S. The number of halogens is 3. The molecule has 0 bridgehead atoms. The average molecular weight is 590 g/mol. The lowest BCUT2D eigenvalue weighted by Crippen LogP contribution is -2.52. The highest BCUT2D eigenvalue weighted by Gasteiger charge is 2.35. The third kappa shape index (κ3) is 7.87. The number of aryl methyl sites for hydroxylation is 2. The van der Waals surface area contributed by atoms with E-state index in [1.807, 2.05) is 19.1 Å². The van der Waals surface area contributed by atoms with Gasteiger partial charge in [0.05, 0.1) is 16.1 Å². The van der Waals surface area contributed by atoms with Crippen LogP contribution in [0.2, 0.25) is 0 Å². The normalized spacial score (nSPS) is 12.6. The van der Waals surface area contributed by atoms with E-state index in [-0.39, 0.29) is 23.2 Å². The molecule has 3 aromatic carbocycles. The molecule has 0 unspecified atom stereocenters. The van der Waals surface area contributed by atoms with Crippen LogP contribution in [0.4, 0.5) is 18.9 Å². The monoisotopic (exact) mass is 589 g/mol. The maximum atomic E-state index is 13.9. The van der Waals surface area contributed by atoms with Crippen molar-refractivity contribution in [2.75, 3.05) is 10.8 Å². The Labute approximate surface area is 239 Å². The number of benzene rings is 3. The SMILES string of the molecule is Cc1ccc(S(=O)(=O)N(CC(=O)N(Cc2ccccc2C)[C@@H](C)C(=O)NC(C)C)c2cccc(C(F)(F)F)c2)cc1. The van der Waals surface area contributed by atoms with Crippen LogP contribution in [0.25, 0.3) is 0 Å². The van der Waals surface area contributed by atoms with Crippen molar-refractivity contribution in [1.29, 1.82) is 0 Å². The van der Waals surface area contributed by atoms with Crippen LogP contribution < -0.4 is 9.62 Å². The van der Waals surface area contributed by atoms with Gasteiger partial charge < -0.3 is 10.2 Å². The van der Waals surface area contributed by atoms with Crippen LogP contribution in [0.5, 0.6) is 0 Å². The van der Waals surface area contributed by atoms with Crippen molar-refractivity contribution in [2.24, 2.45) is 0 Å². The number of hydrogen-bond donors (Lipinski definition) is 1. The molecule has 3 aromatic rings. The molecule has 0 aliphatic heterocycles. The summed E-state index contributed by atoms with van der Waals surface area (Å²) in [5.41, 5.74) is 0.970. The highest BCUT2D eigenvalue weighted by molar-refractivity contribution is 7.92. The summed E-state index contributed by atoms with van der Waals surface area (Å²) in [6.07, 6.45) is -4.74. The van der Waals surface area contributed by atoms with Crippen molar-refractivity contribution in [3.05, 3.63) is 95.1 Å². The predicted octanol–water partition coefficient (Wildman–Crippen LogP) is 5.46. The van der Waals surface area contributed by atoms with Gasteiger partial charge in [0.1, 0.15) is 12.6 Å². The summed E-state index contributed by atoms with van der Waals surface area (Å²) in [6.45, 7) is 7.81. The minimum absolute atomic E-state index is 0.0147. The number of amides is 2. The minimum atomic E-state index is -4.74. The van der Waals surface area contributed by atoms with Crippen molar-refractivity contribution in [3.63, 3.8) is 0 Å². The predicted molar refractivity (Wildman–Crippen MR) is 152 cm³/mol. The van der Waals surface area contributed by atoms with Gasteiger partial charge in [0.25, 0.3) is 10.0 Å². The minimum Gasteiger partial charge on any atom is -0.352 e. The molecule has 2 amide bonds. The summed E-state index contributed by atoms with van der Waals surface area (Å²) in [7, 11) is -4.49. The fourth-order valence-electron chi connectivity index (χ4n) is 4.16. The molecule has 3 rings (SSSR count).